The summed E-state index contributed by atoms with van der Waals surface area (Å²) in [5.74, 6) is -0.406. The Hall–Kier alpha value is -2.01. The smallest absolute Gasteiger partial charge is 0.326 e. The molecule has 0 spiro atoms. The second kappa shape index (κ2) is 6.18. The molecule has 0 bridgehead atoms. The lowest BCUT2D eigenvalue weighted by atomic mass is 10.1. The molecule has 0 saturated heterocycles. The van der Waals surface area contributed by atoms with E-state index in [1.165, 1.54) is 12.1 Å². The van der Waals surface area contributed by atoms with Crippen molar-refractivity contribution in [1.29, 1.82) is 0 Å². The molecule has 110 valence electrons. The Morgan fingerprint density at radius 3 is 2.48 bits per heavy atom. The highest BCUT2D eigenvalue weighted by atomic mass is 35.5. The van der Waals surface area contributed by atoms with Crippen molar-refractivity contribution < 1.29 is 18.0 Å². The third-order valence-corrected chi connectivity index (χ3v) is 2.96. The van der Waals surface area contributed by atoms with E-state index in [9.17, 15) is 18.0 Å². The maximum Gasteiger partial charge on any atom is 0.416 e. The summed E-state index contributed by atoms with van der Waals surface area (Å²) in [5.41, 5.74) is -0.00751. The zero-order valence-corrected chi connectivity index (χ0v) is 11.5. The third kappa shape index (κ3) is 4.49. The number of carbonyl (C=O) groups excluding carboxylic acids is 1. The quantitative estimate of drug-likeness (QED) is 0.885. The van der Waals surface area contributed by atoms with Gasteiger partial charge in [-0.25, -0.2) is 0 Å². The molecule has 2 rings (SSSR count). The van der Waals surface area contributed by atoms with Crippen molar-refractivity contribution >= 4 is 23.2 Å². The first-order valence-electron chi connectivity index (χ1n) is 6.06. The fourth-order valence-electron chi connectivity index (χ4n) is 1.81. The van der Waals surface area contributed by atoms with Gasteiger partial charge in [0.1, 0.15) is 0 Å². The second-order valence-electron chi connectivity index (χ2n) is 4.43. The molecule has 1 amide bonds. The summed E-state index contributed by atoms with van der Waals surface area (Å²) < 4.78 is 37.7. The van der Waals surface area contributed by atoms with Crippen molar-refractivity contribution in [2.45, 2.75) is 12.6 Å². The molecule has 0 saturated carbocycles. The second-order valence-corrected chi connectivity index (χ2v) is 4.87. The molecule has 0 aliphatic heterocycles. The molecular weight excluding hydrogens is 303 g/mol. The SMILES string of the molecule is O=C(Cc1cccc(Cl)c1)Nc1cccc(C(F)(F)F)c1. The van der Waals surface area contributed by atoms with Gasteiger partial charge in [-0.15, -0.1) is 0 Å². The molecule has 0 heterocycles. The van der Waals surface area contributed by atoms with E-state index >= 15 is 0 Å². The lowest BCUT2D eigenvalue weighted by Crippen LogP contribution is -2.15. The van der Waals surface area contributed by atoms with Gasteiger partial charge in [0.2, 0.25) is 5.91 Å². The summed E-state index contributed by atoms with van der Waals surface area (Å²) in [4.78, 5) is 11.8. The van der Waals surface area contributed by atoms with Gasteiger partial charge in [0.05, 0.1) is 12.0 Å². The van der Waals surface area contributed by atoms with Crippen LogP contribution in [0.4, 0.5) is 18.9 Å². The molecule has 2 aromatic carbocycles. The Balaban J connectivity index is 2.06. The highest BCUT2D eigenvalue weighted by Gasteiger charge is 2.30. The monoisotopic (exact) mass is 313 g/mol. The van der Waals surface area contributed by atoms with E-state index in [2.05, 4.69) is 5.32 Å². The largest absolute Gasteiger partial charge is 0.416 e. The van der Waals surface area contributed by atoms with Gasteiger partial charge in [0, 0.05) is 10.7 Å². The number of hydrogen-bond donors (Lipinski definition) is 1. The van der Waals surface area contributed by atoms with E-state index in [1.807, 2.05) is 0 Å². The number of alkyl halides is 3. The summed E-state index contributed by atoms with van der Waals surface area (Å²) in [5, 5.41) is 2.94. The standard InChI is InChI=1S/C15H11ClF3NO/c16-12-5-1-3-10(7-12)8-14(21)20-13-6-2-4-11(9-13)15(17,18)19/h1-7,9H,8H2,(H,20,21). The fraction of sp³-hybridized carbons (Fsp3) is 0.133. The van der Waals surface area contributed by atoms with Gasteiger partial charge in [-0.05, 0) is 35.9 Å². The molecule has 0 aromatic heterocycles. The molecule has 0 radical (unpaired) electrons. The van der Waals surface area contributed by atoms with Crippen molar-refractivity contribution in [2.24, 2.45) is 0 Å². The van der Waals surface area contributed by atoms with Crippen LogP contribution >= 0.6 is 11.6 Å². The van der Waals surface area contributed by atoms with Crippen molar-refractivity contribution in [3.05, 3.63) is 64.7 Å². The Bertz CT molecular complexity index is 655. The number of halogens is 4. The lowest BCUT2D eigenvalue weighted by molar-refractivity contribution is -0.137. The van der Waals surface area contributed by atoms with Gasteiger partial charge in [0.25, 0.3) is 0 Å². The minimum atomic E-state index is -4.44. The number of nitrogens with one attached hydrogen (secondary N) is 1. The minimum Gasteiger partial charge on any atom is -0.326 e. The highest BCUT2D eigenvalue weighted by Crippen LogP contribution is 2.30. The Morgan fingerprint density at radius 1 is 1.10 bits per heavy atom. The Morgan fingerprint density at radius 2 is 1.81 bits per heavy atom. The summed E-state index contributed by atoms with van der Waals surface area (Å²) in [6.45, 7) is 0. The van der Waals surface area contributed by atoms with Gasteiger partial charge < -0.3 is 5.32 Å². The van der Waals surface area contributed by atoms with Crippen molar-refractivity contribution in [1.82, 2.24) is 0 Å². The average Bonchev–Trinajstić information content (AvgIpc) is 2.37. The van der Waals surface area contributed by atoms with Crippen LogP contribution in [0.25, 0.3) is 0 Å². The number of amides is 1. The van der Waals surface area contributed by atoms with Crippen LogP contribution in [0.3, 0.4) is 0 Å². The number of anilines is 1. The summed E-state index contributed by atoms with van der Waals surface area (Å²) >= 11 is 5.80. The average molecular weight is 314 g/mol. The van der Waals surface area contributed by atoms with Crippen LogP contribution in [0.5, 0.6) is 0 Å². The van der Waals surface area contributed by atoms with Crippen LogP contribution in [-0.2, 0) is 17.4 Å². The van der Waals surface area contributed by atoms with E-state index in [-0.39, 0.29) is 12.1 Å². The first-order chi connectivity index (χ1) is 9.84. The molecule has 0 fully saturated rings. The topological polar surface area (TPSA) is 29.1 Å². The zero-order valence-electron chi connectivity index (χ0n) is 10.7. The number of rotatable bonds is 3. The van der Waals surface area contributed by atoms with Crippen LogP contribution in [-0.4, -0.2) is 5.91 Å². The Kier molecular flexibility index (Phi) is 4.53. The summed E-state index contributed by atoms with van der Waals surface area (Å²) in [7, 11) is 0. The van der Waals surface area contributed by atoms with Crippen molar-refractivity contribution in [3.63, 3.8) is 0 Å². The first-order valence-corrected chi connectivity index (χ1v) is 6.44. The van der Waals surface area contributed by atoms with E-state index in [1.54, 1.807) is 24.3 Å². The molecule has 2 aromatic rings. The van der Waals surface area contributed by atoms with E-state index in [0.717, 1.165) is 12.1 Å². The molecule has 6 heteroatoms. The molecule has 21 heavy (non-hydrogen) atoms. The van der Waals surface area contributed by atoms with Crippen LogP contribution in [0.1, 0.15) is 11.1 Å². The van der Waals surface area contributed by atoms with Crippen LogP contribution in [0.15, 0.2) is 48.5 Å². The molecule has 0 aliphatic rings. The highest BCUT2D eigenvalue weighted by molar-refractivity contribution is 6.30. The Labute approximate surface area is 124 Å². The van der Waals surface area contributed by atoms with Gasteiger partial charge in [-0.1, -0.05) is 29.8 Å². The van der Waals surface area contributed by atoms with Gasteiger partial charge in [0.15, 0.2) is 0 Å². The fourth-order valence-corrected chi connectivity index (χ4v) is 2.02. The lowest BCUT2D eigenvalue weighted by Gasteiger charge is -2.10. The van der Waals surface area contributed by atoms with E-state index in [0.29, 0.717) is 10.6 Å². The normalized spacial score (nSPS) is 11.2. The van der Waals surface area contributed by atoms with Gasteiger partial charge >= 0.3 is 6.18 Å². The molecule has 0 atom stereocenters. The number of hydrogen-bond acceptors (Lipinski definition) is 1. The summed E-state index contributed by atoms with van der Waals surface area (Å²) in [6.07, 6.45) is -4.40. The predicted molar refractivity (Wildman–Crippen MR) is 75.2 cm³/mol. The molecule has 1 N–H and O–H groups in total. The predicted octanol–water partition coefficient (Wildman–Crippen LogP) is 4.54. The van der Waals surface area contributed by atoms with Crippen LogP contribution in [0.2, 0.25) is 5.02 Å². The minimum absolute atomic E-state index is 0.0385. The summed E-state index contributed by atoms with van der Waals surface area (Å²) in [6, 6.07) is 11.2. The van der Waals surface area contributed by atoms with Crippen LogP contribution < -0.4 is 5.32 Å². The maximum atomic E-state index is 12.6. The van der Waals surface area contributed by atoms with Crippen LogP contribution in [0, 0.1) is 0 Å². The molecular formula is C15H11ClF3NO. The molecule has 2 nitrogen and oxygen atoms in total. The van der Waals surface area contributed by atoms with E-state index < -0.39 is 17.6 Å². The first kappa shape index (κ1) is 15.4. The van der Waals surface area contributed by atoms with Gasteiger partial charge in [-0.2, -0.15) is 13.2 Å². The number of carbonyl (C=O) groups is 1. The van der Waals surface area contributed by atoms with Gasteiger partial charge in [-0.3, -0.25) is 4.79 Å². The third-order valence-electron chi connectivity index (χ3n) is 2.73. The van der Waals surface area contributed by atoms with E-state index in [4.69, 9.17) is 11.6 Å². The van der Waals surface area contributed by atoms with Crippen molar-refractivity contribution in [2.75, 3.05) is 5.32 Å². The number of benzene rings is 2. The molecule has 0 unspecified atom stereocenters. The molecule has 0 aliphatic carbocycles. The maximum absolute atomic E-state index is 12.6. The zero-order chi connectivity index (χ0) is 15.5. The van der Waals surface area contributed by atoms with Crippen molar-refractivity contribution in [3.8, 4) is 0 Å².